The van der Waals surface area contributed by atoms with E-state index in [4.69, 9.17) is 9.47 Å². The maximum atomic E-state index is 12.2. The Morgan fingerprint density at radius 2 is 2.08 bits per heavy atom. The lowest BCUT2D eigenvalue weighted by molar-refractivity contribution is -0.125. The van der Waals surface area contributed by atoms with Gasteiger partial charge in [-0.1, -0.05) is 12.1 Å². The molecule has 2 aliphatic heterocycles. The first kappa shape index (κ1) is 17.1. The van der Waals surface area contributed by atoms with Crippen LogP contribution in [0.4, 0.5) is 0 Å². The van der Waals surface area contributed by atoms with Gasteiger partial charge in [0.1, 0.15) is 9.84 Å². The SMILES string of the molecule is COc1cccc2c1OC[C@@H](CNC(=O)C1CCS(=O)(=O)CC1)C2. The summed E-state index contributed by atoms with van der Waals surface area (Å²) < 4.78 is 34.0. The van der Waals surface area contributed by atoms with E-state index in [-0.39, 0.29) is 29.2 Å². The number of nitrogens with one attached hydrogen (secondary N) is 1. The highest BCUT2D eigenvalue weighted by Gasteiger charge is 2.29. The zero-order chi connectivity index (χ0) is 17.2. The third kappa shape index (κ3) is 3.83. The van der Waals surface area contributed by atoms with Gasteiger partial charge >= 0.3 is 0 Å². The fourth-order valence-electron chi connectivity index (χ4n) is 3.29. The van der Waals surface area contributed by atoms with Gasteiger partial charge in [0, 0.05) is 18.4 Å². The van der Waals surface area contributed by atoms with Gasteiger partial charge in [-0.2, -0.15) is 0 Å². The van der Waals surface area contributed by atoms with Crippen LogP contribution in [0.2, 0.25) is 0 Å². The highest BCUT2D eigenvalue weighted by atomic mass is 32.2. The predicted octanol–water partition coefficient (Wildman–Crippen LogP) is 1.19. The molecule has 0 spiro atoms. The molecule has 1 fully saturated rings. The van der Waals surface area contributed by atoms with E-state index >= 15 is 0 Å². The molecule has 0 bridgehead atoms. The van der Waals surface area contributed by atoms with Gasteiger partial charge in [0.05, 0.1) is 25.2 Å². The molecule has 1 atom stereocenters. The molecule has 0 radical (unpaired) electrons. The van der Waals surface area contributed by atoms with Crippen molar-refractivity contribution in [3.8, 4) is 11.5 Å². The predicted molar refractivity (Wildman–Crippen MR) is 90.1 cm³/mol. The topological polar surface area (TPSA) is 81.7 Å². The number of methoxy groups -OCH3 is 1. The molecule has 7 heteroatoms. The van der Waals surface area contributed by atoms with E-state index in [1.165, 1.54) is 0 Å². The van der Waals surface area contributed by atoms with Crippen LogP contribution < -0.4 is 14.8 Å². The molecule has 1 aromatic rings. The van der Waals surface area contributed by atoms with Gasteiger partial charge in [-0.15, -0.1) is 0 Å². The molecule has 3 rings (SSSR count). The summed E-state index contributed by atoms with van der Waals surface area (Å²) >= 11 is 0. The summed E-state index contributed by atoms with van der Waals surface area (Å²) in [6.45, 7) is 1.07. The summed E-state index contributed by atoms with van der Waals surface area (Å²) in [6, 6.07) is 5.82. The Morgan fingerprint density at radius 3 is 2.79 bits per heavy atom. The first-order valence-corrected chi connectivity index (χ1v) is 10.1. The number of ether oxygens (including phenoxy) is 2. The van der Waals surface area contributed by atoms with E-state index in [1.807, 2.05) is 18.2 Å². The lowest BCUT2D eigenvalue weighted by Gasteiger charge is -2.27. The van der Waals surface area contributed by atoms with E-state index in [1.54, 1.807) is 7.11 Å². The maximum Gasteiger partial charge on any atom is 0.223 e. The van der Waals surface area contributed by atoms with Crippen LogP contribution in [0, 0.1) is 11.8 Å². The number of carbonyl (C=O) groups excluding carboxylic acids is 1. The van der Waals surface area contributed by atoms with Gasteiger partial charge in [0.15, 0.2) is 11.5 Å². The molecule has 132 valence electrons. The second kappa shape index (κ2) is 7.01. The highest BCUT2D eigenvalue weighted by Crippen LogP contribution is 2.35. The summed E-state index contributed by atoms with van der Waals surface area (Å²) in [4.78, 5) is 12.2. The molecule has 1 amide bonds. The van der Waals surface area contributed by atoms with Crippen molar-refractivity contribution in [1.29, 1.82) is 0 Å². The van der Waals surface area contributed by atoms with Crippen LogP contribution in [-0.2, 0) is 21.1 Å². The lowest BCUT2D eigenvalue weighted by atomic mass is 9.95. The normalized spacial score (nSPS) is 23.0. The van der Waals surface area contributed by atoms with Gasteiger partial charge in [0.2, 0.25) is 5.91 Å². The molecule has 6 nitrogen and oxygen atoms in total. The minimum atomic E-state index is -2.94. The summed E-state index contributed by atoms with van der Waals surface area (Å²) in [5, 5.41) is 2.96. The van der Waals surface area contributed by atoms with Crippen LogP contribution in [0.5, 0.6) is 11.5 Å². The second-order valence-electron chi connectivity index (χ2n) is 6.50. The van der Waals surface area contributed by atoms with Crippen molar-refractivity contribution < 1.29 is 22.7 Å². The van der Waals surface area contributed by atoms with Crippen molar-refractivity contribution in [2.45, 2.75) is 19.3 Å². The molecular formula is C17H23NO5S. The van der Waals surface area contributed by atoms with Crippen LogP contribution in [0.1, 0.15) is 18.4 Å². The van der Waals surface area contributed by atoms with E-state index in [0.717, 1.165) is 23.5 Å². The zero-order valence-corrected chi connectivity index (χ0v) is 14.6. The second-order valence-corrected chi connectivity index (χ2v) is 8.80. The van der Waals surface area contributed by atoms with Crippen LogP contribution in [-0.4, -0.2) is 46.1 Å². The molecule has 0 unspecified atom stereocenters. The largest absolute Gasteiger partial charge is 0.493 e. The summed E-state index contributed by atoms with van der Waals surface area (Å²) in [5.74, 6) is 1.74. The Morgan fingerprint density at radius 1 is 1.33 bits per heavy atom. The molecule has 24 heavy (non-hydrogen) atoms. The van der Waals surface area contributed by atoms with E-state index in [0.29, 0.717) is 26.0 Å². The van der Waals surface area contributed by atoms with Crippen LogP contribution in [0.15, 0.2) is 18.2 Å². The fourth-order valence-corrected chi connectivity index (χ4v) is 4.78. The monoisotopic (exact) mass is 353 g/mol. The molecule has 0 saturated carbocycles. The molecule has 1 saturated heterocycles. The quantitative estimate of drug-likeness (QED) is 0.879. The first-order valence-electron chi connectivity index (χ1n) is 8.25. The molecule has 0 aromatic heterocycles. The van der Waals surface area contributed by atoms with Crippen molar-refractivity contribution in [2.75, 3.05) is 31.8 Å². The van der Waals surface area contributed by atoms with Crippen LogP contribution in [0.3, 0.4) is 0 Å². The molecule has 2 aliphatic rings. The Labute approximate surface area is 142 Å². The molecule has 2 heterocycles. The summed E-state index contributed by atoms with van der Waals surface area (Å²) in [7, 11) is -1.32. The number of sulfone groups is 1. The Bertz CT molecular complexity index is 702. The molecule has 0 aliphatic carbocycles. The number of benzene rings is 1. The van der Waals surface area contributed by atoms with Crippen molar-refractivity contribution in [3.05, 3.63) is 23.8 Å². The fraction of sp³-hybridized carbons (Fsp3) is 0.588. The minimum Gasteiger partial charge on any atom is -0.493 e. The Hall–Kier alpha value is -1.76. The number of hydrogen-bond acceptors (Lipinski definition) is 5. The summed E-state index contributed by atoms with van der Waals surface area (Å²) in [5.41, 5.74) is 1.09. The van der Waals surface area contributed by atoms with Gasteiger partial charge in [-0.05, 0) is 30.9 Å². The third-order valence-electron chi connectivity index (χ3n) is 4.74. The number of fused-ring (bicyclic) bond motifs is 1. The maximum absolute atomic E-state index is 12.2. The van der Waals surface area contributed by atoms with Crippen molar-refractivity contribution in [3.63, 3.8) is 0 Å². The van der Waals surface area contributed by atoms with Crippen molar-refractivity contribution in [1.82, 2.24) is 5.32 Å². The number of amides is 1. The third-order valence-corrected chi connectivity index (χ3v) is 6.46. The van der Waals surface area contributed by atoms with Gasteiger partial charge < -0.3 is 14.8 Å². The van der Waals surface area contributed by atoms with Crippen LogP contribution >= 0.6 is 0 Å². The average Bonchev–Trinajstić information content (AvgIpc) is 2.58. The molecular weight excluding hydrogens is 330 g/mol. The van der Waals surface area contributed by atoms with Crippen LogP contribution in [0.25, 0.3) is 0 Å². The van der Waals surface area contributed by atoms with E-state index < -0.39 is 9.84 Å². The Kier molecular flexibility index (Phi) is 4.99. The molecule has 1 aromatic carbocycles. The number of carbonyl (C=O) groups is 1. The number of para-hydroxylation sites is 1. The first-order chi connectivity index (χ1) is 11.5. The number of hydrogen-bond donors (Lipinski definition) is 1. The average molecular weight is 353 g/mol. The lowest BCUT2D eigenvalue weighted by Crippen LogP contribution is -2.40. The highest BCUT2D eigenvalue weighted by molar-refractivity contribution is 7.91. The van der Waals surface area contributed by atoms with Gasteiger partial charge in [-0.25, -0.2) is 8.42 Å². The van der Waals surface area contributed by atoms with Crippen molar-refractivity contribution in [2.24, 2.45) is 11.8 Å². The summed E-state index contributed by atoms with van der Waals surface area (Å²) in [6.07, 6.45) is 1.68. The minimum absolute atomic E-state index is 0.0404. The van der Waals surface area contributed by atoms with Gasteiger partial charge in [0.25, 0.3) is 0 Å². The van der Waals surface area contributed by atoms with E-state index in [9.17, 15) is 13.2 Å². The zero-order valence-electron chi connectivity index (χ0n) is 13.8. The number of rotatable bonds is 4. The van der Waals surface area contributed by atoms with Crippen molar-refractivity contribution >= 4 is 15.7 Å². The standard InChI is InChI=1S/C17H23NO5S/c1-22-15-4-2-3-14-9-12(11-23-16(14)15)10-18-17(19)13-5-7-24(20,21)8-6-13/h2-4,12-13H,5-11H2,1H3,(H,18,19)/t12-/m1/s1. The molecule has 1 N–H and O–H groups in total. The smallest absolute Gasteiger partial charge is 0.223 e. The van der Waals surface area contributed by atoms with Gasteiger partial charge in [-0.3, -0.25) is 4.79 Å². The van der Waals surface area contributed by atoms with E-state index in [2.05, 4.69) is 5.32 Å². The Balaban J connectivity index is 1.52.